The van der Waals surface area contributed by atoms with Crippen LogP contribution in [0.5, 0.6) is 0 Å². The van der Waals surface area contributed by atoms with E-state index in [4.69, 9.17) is 0 Å². The molecule has 120 valence electrons. The SMILES string of the molecule is CS(=O)(=O)N[C@@H]1CCCN(c2c(C#N)cnc3ccccc23)C1. The van der Waals surface area contributed by atoms with Crippen LogP contribution in [0.1, 0.15) is 18.4 Å². The van der Waals surface area contributed by atoms with Crippen LogP contribution in [0.15, 0.2) is 30.5 Å². The number of nitrogens with one attached hydrogen (secondary N) is 1. The molecule has 6 nitrogen and oxygen atoms in total. The first kappa shape index (κ1) is 15.7. The standard InChI is InChI=1S/C16H18N4O2S/c1-23(21,22)19-13-5-4-8-20(11-13)16-12(9-17)10-18-15-7-3-2-6-14(15)16/h2-3,6-7,10,13,19H,4-5,8,11H2,1H3/t13-/m1/s1. The molecule has 7 heteroatoms. The monoisotopic (exact) mass is 330 g/mol. The molecular formula is C16H18N4O2S. The van der Waals surface area contributed by atoms with Crippen molar-refractivity contribution in [1.82, 2.24) is 9.71 Å². The molecule has 1 aromatic carbocycles. The van der Waals surface area contributed by atoms with Crippen molar-refractivity contribution in [2.24, 2.45) is 0 Å². The van der Waals surface area contributed by atoms with E-state index in [0.717, 1.165) is 36.0 Å². The lowest BCUT2D eigenvalue weighted by Crippen LogP contribution is -2.47. The number of fused-ring (bicyclic) bond motifs is 1. The van der Waals surface area contributed by atoms with Crippen LogP contribution in [0.4, 0.5) is 5.69 Å². The van der Waals surface area contributed by atoms with Gasteiger partial charge in [0.25, 0.3) is 0 Å². The topological polar surface area (TPSA) is 86.1 Å². The molecule has 2 aromatic rings. The number of hydrogen-bond donors (Lipinski definition) is 1. The number of pyridine rings is 1. The molecule has 0 spiro atoms. The van der Waals surface area contributed by atoms with E-state index in [2.05, 4.69) is 20.7 Å². The maximum Gasteiger partial charge on any atom is 0.209 e. The van der Waals surface area contributed by atoms with Crippen LogP contribution >= 0.6 is 0 Å². The summed E-state index contributed by atoms with van der Waals surface area (Å²) in [7, 11) is -3.24. The van der Waals surface area contributed by atoms with E-state index in [1.165, 1.54) is 6.26 Å². The van der Waals surface area contributed by atoms with Crippen molar-refractivity contribution < 1.29 is 8.42 Å². The number of piperidine rings is 1. The van der Waals surface area contributed by atoms with Crippen LogP contribution in [-0.2, 0) is 10.0 Å². The first-order chi connectivity index (χ1) is 11.0. The number of rotatable bonds is 3. The van der Waals surface area contributed by atoms with Gasteiger partial charge < -0.3 is 4.90 Å². The molecule has 1 fully saturated rings. The maximum atomic E-state index is 11.5. The molecule has 1 N–H and O–H groups in total. The van der Waals surface area contributed by atoms with Crippen molar-refractivity contribution in [1.29, 1.82) is 5.26 Å². The van der Waals surface area contributed by atoms with E-state index in [-0.39, 0.29) is 6.04 Å². The number of aromatic nitrogens is 1. The molecule has 1 aliphatic heterocycles. The summed E-state index contributed by atoms with van der Waals surface area (Å²) in [5, 5.41) is 10.4. The van der Waals surface area contributed by atoms with E-state index in [1.54, 1.807) is 6.20 Å². The van der Waals surface area contributed by atoms with Crippen molar-refractivity contribution in [2.75, 3.05) is 24.2 Å². The van der Waals surface area contributed by atoms with Gasteiger partial charge in [-0.05, 0) is 18.9 Å². The van der Waals surface area contributed by atoms with Crippen molar-refractivity contribution in [2.45, 2.75) is 18.9 Å². The van der Waals surface area contributed by atoms with Gasteiger partial charge in [-0.1, -0.05) is 18.2 Å². The molecule has 1 aromatic heterocycles. The van der Waals surface area contributed by atoms with Crippen molar-refractivity contribution in [3.05, 3.63) is 36.0 Å². The van der Waals surface area contributed by atoms with Gasteiger partial charge in [-0.2, -0.15) is 5.26 Å². The van der Waals surface area contributed by atoms with Crippen LogP contribution in [-0.4, -0.2) is 38.8 Å². The fourth-order valence-corrected chi connectivity index (χ4v) is 3.93. The van der Waals surface area contributed by atoms with E-state index in [0.29, 0.717) is 12.1 Å². The molecule has 0 saturated carbocycles. The van der Waals surface area contributed by atoms with Gasteiger partial charge in [0, 0.05) is 30.7 Å². The summed E-state index contributed by atoms with van der Waals surface area (Å²) in [6.45, 7) is 1.35. The fraction of sp³-hybridized carbons (Fsp3) is 0.375. The predicted molar refractivity (Wildman–Crippen MR) is 89.7 cm³/mol. The Bertz CT molecular complexity index is 873. The molecule has 0 amide bonds. The van der Waals surface area contributed by atoms with Gasteiger partial charge in [0.1, 0.15) is 6.07 Å². The first-order valence-electron chi connectivity index (χ1n) is 7.48. The Morgan fingerprint density at radius 2 is 2.17 bits per heavy atom. The Balaban J connectivity index is 2.00. The average molecular weight is 330 g/mol. The minimum Gasteiger partial charge on any atom is -0.368 e. The molecule has 2 heterocycles. The van der Waals surface area contributed by atoms with Gasteiger partial charge in [0.05, 0.1) is 23.0 Å². The summed E-state index contributed by atoms with van der Waals surface area (Å²) in [5.74, 6) is 0. The molecule has 0 bridgehead atoms. The highest BCUT2D eigenvalue weighted by atomic mass is 32.2. The molecule has 0 unspecified atom stereocenters. The lowest BCUT2D eigenvalue weighted by molar-refractivity contribution is 0.468. The summed E-state index contributed by atoms with van der Waals surface area (Å²) >= 11 is 0. The number of sulfonamides is 1. The number of benzene rings is 1. The van der Waals surface area contributed by atoms with Crippen LogP contribution in [0.2, 0.25) is 0 Å². The first-order valence-corrected chi connectivity index (χ1v) is 9.37. The summed E-state index contributed by atoms with van der Waals surface area (Å²) in [5.41, 5.74) is 2.20. The second-order valence-electron chi connectivity index (χ2n) is 5.82. The van der Waals surface area contributed by atoms with Gasteiger partial charge in [-0.3, -0.25) is 4.98 Å². The summed E-state index contributed by atoms with van der Waals surface area (Å²) in [6.07, 6.45) is 4.43. The molecule has 1 atom stereocenters. The molecular weight excluding hydrogens is 312 g/mol. The molecule has 0 radical (unpaired) electrons. The summed E-state index contributed by atoms with van der Waals surface area (Å²) in [6, 6.07) is 9.76. The molecule has 23 heavy (non-hydrogen) atoms. The zero-order chi connectivity index (χ0) is 16.4. The number of nitrogens with zero attached hydrogens (tertiary/aromatic N) is 3. The van der Waals surface area contributed by atoms with Gasteiger partial charge in [0.15, 0.2) is 0 Å². The lowest BCUT2D eigenvalue weighted by Gasteiger charge is -2.35. The Hall–Kier alpha value is -2.17. The third kappa shape index (κ3) is 3.44. The number of para-hydroxylation sites is 1. The number of nitriles is 1. The molecule has 1 saturated heterocycles. The third-order valence-corrected chi connectivity index (χ3v) is 4.75. The number of anilines is 1. The van der Waals surface area contributed by atoms with Crippen LogP contribution < -0.4 is 9.62 Å². The highest BCUT2D eigenvalue weighted by Gasteiger charge is 2.25. The van der Waals surface area contributed by atoms with Crippen molar-refractivity contribution >= 4 is 26.6 Å². The van der Waals surface area contributed by atoms with E-state index in [9.17, 15) is 13.7 Å². The van der Waals surface area contributed by atoms with Crippen molar-refractivity contribution in [3.8, 4) is 6.07 Å². The Morgan fingerprint density at radius 3 is 2.91 bits per heavy atom. The Labute approximate surface area is 135 Å². The molecule has 1 aliphatic rings. The molecule has 3 rings (SSSR count). The quantitative estimate of drug-likeness (QED) is 0.924. The minimum absolute atomic E-state index is 0.141. The van der Waals surface area contributed by atoms with Gasteiger partial charge in [-0.25, -0.2) is 13.1 Å². The Kier molecular flexibility index (Phi) is 4.20. The second kappa shape index (κ2) is 6.14. The average Bonchev–Trinajstić information content (AvgIpc) is 2.52. The Morgan fingerprint density at radius 1 is 1.39 bits per heavy atom. The smallest absolute Gasteiger partial charge is 0.209 e. The van der Waals surface area contributed by atoms with E-state index >= 15 is 0 Å². The van der Waals surface area contributed by atoms with Crippen LogP contribution in [0.25, 0.3) is 10.9 Å². The molecule has 0 aliphatic carbocycles. The highest BCUT2D eigenvalue weighted by molar-refractivity contribution is 7.88. The normalized spacial score (nSPS) is 18.8. The summed E-state index contributed by atoms with van der Waals surface area (Å²) in [4.78, 5) is 6.42. The second-order valence-corrected chi connectivity index (χ2v) is 7.60. The zero-order valence-electron chi connectivity index (χ0n) is 12.9. The van der Waals surface area contributed by atoms with E-state index < -0.39 is 10.0 Å². The van der Waals surface area contributed by atoms with Crippen molar-refractivity contribution in [3.63, 3.8) is 0 Å². The third-order valence-electron chi connectivity index (χ3n) is 3.99. The largest absolute Gasteiger partial charge is 0.368 e. The minimum atomic E-state index is -3.24. The maximum absolute atomic E-state index is 11.5. The van der Waals surface area contributed by atoms with Crippen LogP contribution in [0, 0.1) is 11.3 Å². The summed E-state index contributed by atoms with van der Waals surface area (Å²) < 4.78 is 25.6. The highest BCUT2D eigenvalue weighted by Crippen LogP contribution is 2.31. The predicted octanol–water partition coefficient (Wildman–Crippen LogP) is 1.62. The number of hydrogen-bond acceptors (Lipinski definition) is 5. The fourth-order valence-electron chi connectivity index (χ4n) is 3.13. The van der Waals surface area contributed by atoms with E-state index in [1.807, 2.05) is 24.3 Å². The van der Waals surface area contributed by atoms with Crippen LogP contribution in [0.3, 0.4) is 0 Å². The van der Waals surface area contributed by atoms with Gasteiger partial charge >= 0.3 is 0 Å². The van der Waals surface area contributed by atoms with Gasteiger partial charge in [0.2, 0.25) is 10.0 Å². The lowest BCUT2D eigenvalue weighted by atomic mass is 10.0. The van der Waals surface area contributed by atoms with Gasteiger partial charge in [-0.15, -0.1) is 0 Å². The zero-order valence-corrected chi connectivity index (χ0v) is 13.7.